The second-order valence-electron chi connectivity index (χ2n) is 7.98. The molecule has 1 saturated carbocycles. The lowest BCUT2D eigenvalue weighted by Gasteiger charge is -2.41. The van der Waals surface area contributed by atoms with E-state index in [4.69, 9.17) is 4.74 Å². The van der Waals surface area contributed by atoms with Crippen LogP contribution in [0.4, 0.5) is 4.79 Å². The Balaban J connectivity index is 2.06. The molecule has 2 atom stereocenters. The molecule has 0 bridgehead atoms. The third-order valence-electron chi connectivity index (χ3n) is 4.95. The van der Waals surface area contributed by atoms with Crippen LogP contribution in [0.1, 0.15) is 54.4 Å². The minimum absolute atomic E-state index is 0.159. The third-order valence-corrected chi connectivity index (χ3v) is 4.95. The molecule has 1 aliphatic carbocycles. The zero-order valence-electron chi connectivity index (χ0n) is 14.4. The van der Waals surface area contributed by atoms with Crippen LogP contribution >= 0.6 is 0 Å². The van der Waals surface area contributed by atoms with E-state index >= 15 is 0 Å². The maximum Gasteiger partial charge on any atom is 0.408 e. The van der Waals surface area contributed by atoms with Gasteiger partial charge in [-0.1, -0.05) is 13.8 Å². The standard InChI is InChI=1S/C15H27N5O2/c1-13(2,3)17-12(21)22-15(6)8-7-11(14(15,4)5)9-20-10-16-18-19-20/h10-11H,7-9H2,1-6H3,(H,17,21)/t11-,15-/m1/s1. The molecule has 124 valence electrons. The molecular weight excluding hydrogens is 282 g/mol. The van der Waals surface area contributed by atoms with E-state index in [2.05, 4.69) is 34.7 Å². The average Bonchev–Trinajstić information content (AvgIpc) is 2.90. The van der Waals surface area contributed by atoms with Crippen LogP contribution in [0.25, 0.3) is 0 Å². The summed E-state index contributed by atoms with van der Waals surface area (Å²) in [6.45, 7) is 12.9. The summed E-state index contributed by atoms with van der Waals surface area (Å²) in [6.07, 6.45) is 3.08. The first-order valence-corrected chi connectivity index (χ1v) is 7.75. The number of alkyl carbamates (subject to hydrolysis) is 1. The molecule has 1 aliphatic rings. The number of hydrogen-bond acceptors (Lipinski definition) is 5. The Morgan fingerprint density at radius 3 is 2.64 bits per heavy atom. The van der Waals surface area contributed by atoms with Crippen molar-refractivity contribution in [1.82, 2.24) is 25.5 Å². The predicted octanol–water partition coefficient (Wildman–Crippen LogP) is 2.39. The van der Waals surface area contributed by atoms with Crippen molar-refractivity contribution in [3.63, 3.8) is 0 Å². The topological polar surface area (TPSA) is 81.9 Å². The fraction of sp³-hybridized carbons (Fsp3) is 0.867. The fourth-order valence-electron chi connectivity index (χ4n) is 3.09. The molecule has 0 spiro atoms. The number of carbonyl (C=O) groups is 1. The first kappa shape index (κ1) is 16.7. The normalized spacial score (nSPS) is 27.6. The van der Waals surface area contributed by atoms with Gasteiger partial charge in [-0.25, -0.2) is 9.48 Å². The highest BCUT2D eigenvalue weighted by atomic mass is 16.6. The van der Waals surface area contributed by atoms with Crippen LogP contribution in [0, 0.1) is 11.3 Å². The predicted molar refractivity (Wildman–Crippen MR) is 82.1 cm³/mol. The van der Waals surface area contributed by atoms with Crippen LogP contribution in [0.2, 0.25) is 0 Å². The van der Waals surface area contributed by atoms with Gasteiger partial charge in [0.1, 0.15) is 11.9 Å². The van der Waals surface area contributed by atoms with Crippen molar-refractivity contribution in [2.75, 3.05) is 0 Å². The monoisotopic (exact) mass is 309 g/mol. The van der Waals surface area contributed by atoms with Gasteiger partial charge in [0.25, 0.3) is 0 Å². The van der Waals surface area contributed by atoms with Crippen LogP contribution in [0.5, 0.6) is 0 Å². The molecule has 1 heterocycles. The van der Waals surface area contributed by atoms with Crippen molar-refractivity contribution in [3.8, 4) is 0 Å². The number of hydrogen-bond donors (Lipinski definition) is 1. The van der Waals surface area contributed by atoms with Gasteiger partial charge in [-0.2, -0.15) is 0 Å². The molecular formula is C15H27N5O2. The zero-order valence-corrected chi connectivity index (χ0v) is 14.4. The summed E-state index contributed by atoms with van der Waals surface area (Å²) in [6, 6.07) is 0. The molecule has 0 aliphatic heterocycles. The lowest BCUT2D eigenvalue weighted by atomic mass is 9.73. The van der Waals surface area contributed by atoms with Gasteiger partial charge >= 0.3 is 6.09 Å². The van der Waals surface area contributed by atoms with E-state index in [-0.39, 0.29) is 17.0 Å². The Morgan fingerprint density at radius 2 is 2.09 bits per heavy atom. The summed E-state index contributed by atoms with van der Waals surface area (Å²) in [4.78, 5) is 12.2. The van der Waals surface area contributed by atoms with E-state index in [9.17, 15) is 4.79 Å². The molecule has 7 heteroatoms. The second-order valence-corrected chi connectivity index (χ2v) is 7.98. The van der Waals surface area contributed by atoms with Gasteiger partial charge in [0, 0.05) is 17.5 Å². The maximum atomic E-state index is 12.2. The Kier molecular flexibility index (Phi) is 4.19. The van der Waals surface area contributed by atoms with Gasteiger partial charge < -0.3 is 10.1 Å². The summed E-state index contributed by atoms with van der Waals surface area (Å²) >= 11 is 0. The average molecular weight is 309 g/mol. The molecule has 7 nitrogen and oxygen atoms in total. The highest BCUT2D eigenvalue weighted by Gasteiger charge is 2.54. The minimum Gasteiger partial charge on any atom is -0.443 e. The Hall–Kier alpha value is -1.66. The lowest BCUT2D eigenvalue weighted by Crippen LogP contribution is -2.50. The third kappa shape index (κ3) is 3.39. The molecule has 1 N–H and O–H groups in total. The number of nitrogens with zero attached hydrogens (tertiary/aromatic N) is 4. The molecule has 0 radical (unpaired) electrons. The van der Waals surface area contributed by atoms with Gasteiger partial charge in [0.2, 0.25) is 0 Å². The van der Waals surface area contributed by atoms with Crippen LogP contribution in [0.15, 0.2) is 6.33 Å². The lowest BCUT2D eigenvalue weighted by molar-refractivity contribution is -0.0586. The molecule has 2 rings (SSSR count). The van der Waals surface area contributed by atoms with Gasteiger partial charge in [-0.05, 0) is 56.9 Å². The number of nitrogens with one attached hydrogen (secondary N) is 1. The van der Waals surface area contributed by atoms with E-state index < -0.39 is 5.60 Å². The molecule has 0 unspecified atom stereocenters. The van der Waals surface area contributed by atoms with Gasteiger partial charge in [-0.3, -0.25) is 0 Å². The van der Waals surface area contributed by atoms with Crippen LogP contribution in [0.3, 0.4) is 0 Å². The summed E-state index contributed by atoms with van der Waals surface area (Å²) in [5.41, 5.74) is -0.961. The summed E-state index contributed by atoms with van der Waals surface area (Å²) in [5, 5.41) is 14.2. The molecule has 1 fully saturated rings. The molecule has 1 aromatic rings. The highest BCUT2D eigenvalue weighted by Crippen LogP contribution is 2.52. The minimum atomic E-state index is -0.499. The largest absolute Gasteiger partial charge is 0.443 e. The van der Waals surface area contributed by atoms with Crippen LogP contribution in [-0.4, -0.2) is 37.4 Å². The number of rotatable bonds is 3. The quantitative estimate of drug-likeness (QED) is 0.927. The second kappa shape index (κ2) is 5.52. The SMILES string of the molecule is CC(C)(C)NC(=O)O[C@]1(C)CC[C@H](Cn2cnnn2)C1(C)C. The number of carbonyl (C=O) groups excluding carboxylic acids is 1. The number of tetrazole rings is 1. The first-order chi connectivity index (χ1) is 10.0. The summed E-state index contributed by atoms with van der Waals surface area (Å²) < 4.78 is 7.57. The summed E-state index contributed by atoms with van der Waals surface area (Å²) in [7, 11) is 0. The van der Waals surface area contributed by atoms with Crippen molar-refractivity contribution < 1.29 is 9.53 Å². The van der Waals surface area contributed by atoms with Gasteiger partial charge in [0.05, 0.1) is 0 Å². The van der Waals surface area contributed by atoms with Crippen molar-refractivity contribution in [2.45, 2.75) is 72.1 Å². The van der Waals surface area contributed by atoms with E-state index in [1.807, 2.05) is 27.7 Å². The zero-order chi connectivity index (χ0) is 16.6. The number of amides is 1. The molecule has 1 amide bonds. The molecule has 0 aromatic carbocycles. The van der Waals surface area contributed by atoms with E-state index in [0.29, 0.717) is 5.92 Å². The van der Waals surface area contributed by atoms with Crippen molar-refractivity contribution in [3.05, 3.63) is 6.33 Å². The number of ether oxygens (including phenoxy) is 1. The van der Waals surface area contributed by atoms with E-state index in [0.717, 1.165) is 19.4 Å². The van der Waals surface area contributed by atoms with E-state index in [1.165, 1.54) is 0 Å². The Labute approximate surface area is 131 Å². The van der Waals surface area contributed by atoms with Crippen LogP contribution < -0.4 is 5.32 Å². The van der Waals surface area contributed by atoms with Gasteiger partial charge in [-0.15, -0.1) is 5.10 Å². The first-order valence-electron chi connectivity index (χ1n) is 7.75. The van der Waals surface area contributed by atoms with Crippen LogP contribution in [-0.2, 0) is 11.3 Å². The van der Waals surface area contributed by atoms with Gasteiger partial charge in [0.15, 0.2) is 0 Å². The Morgan fingerprint density at radius 1 is 1.41 bits per heavy atom. The molecule has 1 aromatic heterocycles. The smallest absolute Gasteiger partial charge is 0.408 e. The fourth-order valence-corrected chi connectivity index (χ4v) is 3.09. The number of aromatic nitrogens is 4. The van der Waals surface area contributed by atoms with E-state index in [1.54, 1.807) is 11.0 Å². The summed E-state index contributed by atoms with van der Waals surface area (Å²) in [5.74, 6) is 0.350. The molecule has 0 saturated heterocycles. The Bertz CT molecular complexity index is 521. The van der Waals surface area contributed by atoms with Crippen molar-refractivity contribution in [2.24, 2.45) is 11.3 Å². The molecule has 22 heavy (non-hydrogen) atoms. The highest BCUT2D eigenvalue weighted by molar-refractivity contribution is 5.68. The maximum absolute atomic E-state index is 12.2. The van der Waals surface area contributed by atoms with Crippen molar-refractivity contribution in [1.29, 1.82) is 0 Å². The van der Waals surface area contributed by atoms with Crippen molar-refractivity contribution >= 4 is 6.09 Å².